The molecule has 1 aromatic heterocycles. The summed E-state index contributed by atoms with van der Waals surface area (Å²) >= 11 is 0. The average Bonchev–Trinajstić information content (AvgIpc) is 2.90. The quantitative estimate of drug-likeness (QED) is 0.546. The minimum Gasteiger partial charge on any atom is -0.502 e. The van der Waals surface area contributed by atoms with E-state index >= 15 is 4.39 Å². The number of carbonyl (C=O) groups is 1. The molecule has 2 aromatic carbocycles. The van der Waals surface area contributed by atoms with Gasteiger partial charge in [0.1, 0.15) is 19.3 Å². The van der Waals surface area contributed by atoms with Crippen LogP contribution in [0.15, 0.2) is 65.6 Å². The van der Waals surface area contributed by atoms with Crippen LogP contribution < -0.4 is 15.2 Å². The zero-order valence-electron chi connectivity index (χ0n) is 20.2. The van der Waals surface area contributed by atoms with Gasteiger partial charge < -0.3 is 19.5 Å². The van der Waals surface area contributed by atoms with E-state index in [-0.39, 0.29) is 31.3 Å². The number of hydrogen-bond donors (Lipinski definition) is 1. The Morgan fingerprint density at radius 1 is 1.11 bits per heavy atom. The van der Waals surface area contributed by atoms with Crippen molar-refractivity contribution in [3.63, 3.8) is 0 Å². The Hall–Kier alpha value is -4.18. The number of fused-ring (bicyclic) bond motifs is 5. The van der Waals surface area contributed by atoms with Gasteiger partial charge in [-0.1, -0.05) is 30.3 Å². The maximum absolute atomic E-state index is 15.2. The van der Waals surface area contributed by atoms with Crippen LogP contribution in [-0.2, 0) is 4.74 Å². The molecule has 0 saturated carbocycles. The lowest BCUT2D eigenvalue weighted by molar-refractivity contribution is 0.0517. The summed E-state index contributed by atoms with van der Waals surface area (Å²) in [6.07, 6.45) is 4.65. The standard InChI is InChI=1S/C27H25F2N3O5/c1-16-6-3-4-8-18(16)23-19-9-10-20(28)22(29)26(19)37-13-5-7-17(14-36-2)30-15-32(23)31-12-11-21(33)25(34)24(31)27(30)35/h3-12,17,23,34H,13-15H2,1-2H3/b7-5+/t17-,23-/m0/s1. The Labute approximate surface area is 211 Å². The van der Waals surface area contributed by atoms with Crippen LogP contribution in [0, 0.1) is 18.6 Å². The summed E-state index contributed by atoms with van der Waals surface area (Å²) in [5.41, 5.74) is 0.933. The topological polar surface area (TPSA) is 84.2 Å². The highest BCUT2D eigenvalue weighted by Gasteiger charge is 2.40. The maximum atomic E-state index is 15.2. The van der Waals surface area contributed by atoms with Gasteiger partial charge in [-0.05, 0) is 36.3 Å². The number of aryl methyl sites for hydroxylation is 1. The first kappa shape index (κ1) is 24.5. The summed E-state index contributed by atoms with van der Waals surface area (Å²) in [4.78, 5) is 27.5. The Kier molecular flexibility index (Phi) is 6.43. The van der Waals surface area contributed by atoms with E-state index in [1.54, 1.807) is 17.2 Å². The molecule has 0 radical (unpaired) electrons. The van der Waals surface area contributed by atoms with Gasteiger partial charge in [-0.2, -0.15) is 4.39 Å². The number of methoxy groups -OCH3 is 1. The highest BCUT2D eigenvalue weighted by atomic mass is 19.2. The van der Waals surface area contributed by atoms with Crippen molar-refractivity contribution in [2.24, 2.45) is 0 Å². The third kappa shape index (κ3) is 4.13. The summed E-state index contributed by atoms with van der Waals surface area (Å²) in [5, 5.41) is 12.4. The highest BCUT2D eigenvalue weighted by Crippen LogP contribution is 2.40. The fraction of sp³-hybridized carbons (Fsp3) is 0.259. The lowest BCUT2D eigenvalue weighted by atomic mass is 9.93. The number of carbonyl (C=O) groups excluding carboxylic acids is 1. The smallest absolute Gasteiger partial charge is 0.278 e. The van der Waals surface area contributed by atoms with E-state index in [2.05, 4.69) is 0 Å². The highest BCUT2D eigenvalue weighted by molar-refractivity contribution is 5.96. The first-order valence-electron chi connectivity index (χ1n) is 11.7. The molecular weight excluding hydrogens is 484 g/mol. The van der Waals surface area contributed by atoms with E-state index in [0.717, 1.165) is 23.3 Å². The summed E-state index contributed by atoms with van der Waals surface area (Å²) in [5.74, 6) is -3.74. The summed E-state index contributed by atoms with van der Waals surface area (Å²) in [6.45, 7) is 1.88. The van der Waals surface area contributed by atoms with Crippen molar-refractivity contribution < 1.29 is 28.2 Å². The lowest BCUT2D eigenvalue weighted by Crippen LogP contribution is -2.58. The molecule has 0 spiro atoms. The number of hydrogen-bond acceptors (Lipinski definition) is 6. The van der Waals surface area contributed by atoms with Gasteiger partial charge >= 0.3 is 0 Å². The molecule has 5 rings (SSSR count). The predicted molar refractivity (Wildman–Crippen MR) is 131 cm³/mol. The molecule has 1 N–H and O–H groups in total. The fourth-order valence-electron chi connectivity index (χ4n) is 4.87. The maximum Gasteiger partial charge on any atom is 0.278 e. The van der Waals surface area contributed by atoms with Crippen LogP contribution >= 0.6 is 0 Å². The van der Waals surface area contributed by atoms with E-state index in [4.69, 9.17) is 9.47 Å². The van der Waals surface area contributed by atoms with Crippen molar-refractivity contribution in [2.45, 2.75) is 19.0 Å². The molecule has 192 valence electrons. The molecule has 1 amide bonds. The van der Waals surface area contributed by atoms with Gasteiger partial charge in [0, 0.05) is 24.9 Å². The van der Waals surface area contributed by atoms with Crippen LogP contribution in [0.5, 0.6) is 11.5 Å². The Bertz CT molecular complexity index is 1450. The zero-order valence-corrected chi connectivity index (χ0v) is 20.2. The zero-order chi connectivity index (χ0) is 26.3. The van der Waals surface area contributed by atoms with Crippen molar-refractivity contribution in [1.29, 1.82) is 0 Å². The number of nitrogens with zero attached hydrogens (tertiary/aromatic N) is 3. The number of aromatic nitrogens is 1. The van der Waals surface area contributed by atoms with Crippen molar-refractivity contribution in [2.75, 3.05) is 32.0 Å². The number of benzene rings is 2. The molecule has 0 saturated heterocycles. The first-order chi connectivity index (χ1) is 17.8. The van der Waals surface area contributed by atoms with E-state index in [9.17, 15) is 19.1 Å². The van der Waals surface area contributed by atoms with Crippen LogP contribution in [0.3, 0.4) is 0 Å². The molecule has 3 aromatic rings. The molecule has 2 bridgehead atoms. The minimum absolute atomic E-state index is 0.0239. The fourth-order valence-corrected chi connectivity index (χ4v) is 4.87. The molecule has 10 heteroatoms. The van der Waals surface area contributed by atoms with E-state index in [1.807, 2.05) is 31.2 Å². The number of aromatic hydroxyl groups is 1. The molecule has 2 atom stereocenters. The monoisotopic (exact) mass is 509 g/mol. The van der Waals surface area contributed by atoms with Crippen LogP contribution in [0.25, 0.3) is 0 Å². The van der Waals surface area contributed by atoms with E-state index in [0.29, 0.717) is 5.56 Å². The molecule has 0 unspecified atom stereocenters. The molecule has 2 aliphatic heterocycles. The van der Waals surface area contributed by atoms with Gasteiger partial charge in [0.25, 0.3) is 5.91 Å². The summed E-state index contributed by atoms with van der Waals surface area (Å²) in [7, 11) is 1.49. The van der Waals surface area contributed by atoms with Crippen molar-refractivity contribution in [3.8, 4) is 11.5 Å². The normalized spacial score (nSPS) is 19.9. The molecule has 0 fully saturated rings. The third-order valence-electron chi connectivity index (χ3n) is 6.67. The van der Waals surface area contributed by atoms with E-state index < -0.39 is 40.8 Å². The predicted octanol–water partition coefficient (Wildman–Crippen LogP) is 3.25. The van der Waals surface area contributed by atoms with Gasteiger partial charge in [-0.15, -0.1) is 0 Å². The minimum atomic E-state index is -1.13. The second kappa shape index (κ2) is 9.70. The Morgan fingerprint density at radius 2 is 1.89 bits per heavy atom. The number of pyridine rings is 1. The summed E-state index contributed by atoms with van der Waals surface area (Å²) in [6, 6.07) is 9.62. The SMILES string of the molecule is COC[C@@H]1/C=C/COc2c(ccc(F)c2F)[C@H](c2ccccc2C)N2CN1C(=O)c1c(O)c(=O)ccn12. The third-order valence-corrected chi connectivity index (χ3v) is 6.67. The van der Waals surface area contributed by atoms with Crippen LogP contribution in [0.4, 0.5) is 8.78 Å². The van der Waals surface area contributed by atoms with Gasteiger partial charge in [-0.25, -0.2) is 4.39 Å². The molecule has 3 heterocycles. The van der Waals surface area contributed by atoms with Crippen LogP contribution in [0.2, 0.25) is 0 Å². The van der Waals surface area contributed by atoms with Gasteiger partial charge in [-0.3, -0.25) is 19.3 Å². The molecule has 0 aliphatic carbocycles. The van der Waals surface area contributed by atoms with Crippen molar-refractivity contribution in [1.82, 2.24) is 9.58 Å². The van der Waals surface area contributed by atoms with Crippen molar-refractivity contribution in [3.05, 3.63) is 105 Å². The molecule has 2 aliphatic rings. The molecule has 37 heavy (non-hydrogen) atoms. The number of ether oxygens (including phenoxy) is 2. The number of halogens is 2. The Balaban J connectivity index is 1.86. The first-order valence-corrected chi connectivity index (χ1v) is 11.7. The van der Waals surface area contributed by atoms with Crippen LogP contribution in [-0.4, -0.2) is 53.6 Å². The van der Waals surface area contributed by atoms with Gasteiger partial charge in [0.05, 0.1) is 12.6 Å². The molecule has 8 nitrogen and oxygen atoms in total. The number of rotatable bonds is 3. The molecular formula is C27H25F2N3O5. The lowest BCUT2D eigenvalue weighted by Gasteiger charge is -2.46. The second-order valence-corrected chi connectivity index (χ2v) is 8.88. The average molecular weight is 510 g/mol. The van der Waals surface area contributed by atoms with Crippen molar-refractivity contribution >= 4 is 5.91 Å². The number of amides is 1. The van der Waals surface area contributed by atoms with Crippen LogP contribution in [0.1, 0.15) is 33.2 Å². The second-order valence-electron chi connectivity index (χ2n) is 8.88. The van der Waals surface area contributed by atoms with Gasteiger partial charge in [0.2, 0.25) is 11.2 Å². The van der Waals surface area contributed by atoms with E-state index in [1.165, 1.54) is 28.9 Å². The van der Waals surface area contributed by atoms with Gasteiger partial charge in [0.15, 0.2) is 23.0 Å². The Morgan fingerprint density at radius 3 is 2.65 bits per heavy atom. The summed E-state index contributed by atoms with van der Waals surface area (Å²) < 4.78 is 42.1. The largest absolute Gasteiger partial charge is 0.502 e.